The summed E-state index contributed by atoms with van der Waals surface area (Å²) < 4.78 is 25.6. The fourth-order valence-electron chi connectivity index (χ4n) is 1.01. The van der Waals surface area contributed by atoms with Gasteiger partial charge in [0.1, 0.15) is 0 Å². The average Bonchev–Trinajstić information content (AvgIpc) is 2.13. The van der Waals surface area contributed by atoms with Crippen molar-refractivity contribution >= 4 is 11.6 Å². The molecule has 0 amide bonds. The van der Waals surface area contributed by atoms with Crippen LogP contribution < -0.4 is 0 Å². The third-order valence-corrected chi connectivity index (χ3v) is 2.02. The highest BCUT2D eigenvalue weighted by Crippen LogP contribution is 2.13. The number of alkyl halides is 1. The maximum Gasteiger partial charge on any atom is 0.162 e. The predicted octanol–water partition coefficient (Wildman–Crippen LogP) is 2.11. The first-order chi connectivity index (χ1) is 6.15. The van der Waals surface area contributed by atoms with Crippen molar-refractivity contribution in [3.05, 3.63) is 35.4 Å². The van der Waals surface area contributed by atoms with Gasteiger partial charge in [0.15, 0.2) is 11.6 Å². The molecule has 0 spiro atoms. The molecule has 1 unspecified atom stereocenters. The number of hydrogen-bond donors (Lipinski definition) is 1. The van der Waals surface area contributed by atoms with Crippen molar-refractivity contribution in [3.8, 4) is 0 Å². The van der Waals surface area contributed by atoms with Gasteiger partial charge in [0.2, 0.25) is 0 Å². The van der Waals surface area contributed by atoms with Crippen molar-refractivity contribution in [2.75, 3.05) is 5.88 Å². The zero-order chi connectivity index (χ0) is 9.84. The summed E-state index contributed by atoms with van der Waals surface area (Å²) in [6.07, 6.45) is -0.800. The van der Waals surface area contributed by atoms with E-state index in [0.29, 0.717) is 0 Å². The fraction of sp³-hybridized carbons (Fsp3) is 0.333. The van der Waals surface area contributed by atoms with Crippen LogP contribution in [0.2, 0.25) is 0 Å². The van der Waals surface area contributed by atoms with Gasteiger partial charge in [0.05, 0.1) is 6.10 Å². The van der Waals surface area contributed by atoms with Crippen molar-refractivity contribution in [1.82, 2.24) is 0 Å². The van der Waals surface area contributed by atoms with Crippen LogP contribution in [0.3, 0.4) is 0 Å². The number of aliphatic hydroxyl groups excluding tert-OH is 1. The molecule has 1 aromatic carbocycles. The molecular weight excluding hydrogens is 198 g/mol. The Hall–Kier alpha value is -0.670. The summed E-state index contributed by atoms with van der Waals surface area (Å²) >= 11 is 5.33. The molecule has 1 rings (SSSR count). The van der Waals surface area contributed by atoms with Crippen molar-refractivity contribution < 1.29 is 13.9 Å². The third-order valence-electron chi connectivity index (χ3n) is 1.67. The Labute approximate surface area is 80.0 Å². The van der Waals surface area contributed by atoms with Crippen molar-refractivity contribution in [2.24, 2.45) is 0 Å². The first-order valence-electron chi connectivity index (χ1n) is 3.82. The Kier molecular flexibility index (Phi) is 3.63. The zero-order valence-electron chi connectivity index (χ0n) is 6.80. The molecule has 0 aliphatic heterocycles. The van der Waals surface area contributed by atoms with Crippen LogP contribution in [0.4, 0.5) is 8.78 Å². The van der Waals surface area contributed by atoms with E-state index < -0.39 is 17.7 Å². The Morgan fingerprint density at radius 1 is 1.38 bits per heavy atom. The van der Waals surface area contributed by atoms with Crippen molar-refractivity contribution in [3.63, 3.8) is 0 Å². The summed E-state index contributed by atoms with van der Waals surface area (Å²) in [6.45, 7) is 0. The van der Waals surface area contributed by atoms with Crippen molar-refractivity contribution in [1.29, 1.82) is 0 Å². The van der Waals surface area contributed by atoms with E-state index in [2.05, 4.69) is 0 Å². The first kappa shape index (κ1) is 10.4. The lowest BCUT2D eigenvalue weighted by atomic mass is 10.1. The molecule has 1 atom stereocenters. The van der Waals surface area contributed by atoms with Gasteiger partial charge in [-0.3, -0.25) is 0 Å². The quantitative estimate of drug-likeness (QED) is 0.751. The second-order valence-corrected chi connectivity index (χ2v) is 3.03. The molecule has 1 N–H and O–H groups in total. The second-order valence-electron chi connectivity index (χ2n) is 2.73. The molecule has 0 saturated heterocycles. The molecule has 13 heavy (non-hydrogen) atoms. The van der Waals surface area contributed by atoms with E-state index in [4.69, 9.17) is 16.7 Å². The topological polar surface area (TPSA) is 20.2 Å². The van der Waals surface area contributed by atoms with Gasteiger partial charge in [-0.2, -0.15) is 0 Å². The molecule has 0 bridgehead atoms. The van der Waals surface area contributed by atoms with Gasteiger partial charge in [0, 0.05) is 12.3 Å². The Bertz CT molecular complexity index is 291. The van der Waals surface area contributed by atoms with E-state index in [0.717, 1.165) is 6.07 Å². The van der Waals surface area contributed by atoms with Crippen LogP contribution in [0.25, 0.3) is 0 Å². The molecule has 0 heterocycles. The molecule has 1 nitrogen and oxygen atoms in total. The SMILES string of the molecule is OC(CCl)Cc1cccc(F)c1F. The highest BCUT2D eigenvalue weighted by atomic mass is 35.5. The van der Waals surface area contributed by atoms with Gasteiger partial charge >= 0.3 is 0 Å². The van der Waals surface area contributed by atoms with Crippen LogP contribution in [-0.2, 0) is 6.42 Å². The minimum atomic E-state index is -0.910. The molecule has 0 aliphatic rings. The van der Waals surface area contributed by atoms with Crippen LogP contribution in [0.15, 0.2) is 18.2 Å². The summed E-state index contributed by atoms with van der Waals surface area (Å²) in [5, 5.41) is 9.11. The molecule has 0 fully saturated rings. The number of benzene rings is 1. The van der Waals surface area contributed by atoms with E-state index in [1.165, 1.54) is 12.1 Å². The minimum absolute atomic E-state index is 0.00987. The van der Waals surface area contributed by atoms with E-state index in [-0.39, 0.29) is 17.9 Å². The molecular formula is C9H9ClF2O. The Morgan fingerprint density at radius 3 is 2.69 bits per heavy atom. The van der Waals surface area contributed by atoms with Gasteiger partial charge in [-0.1, -0.05) is 12.1 Å². The largest absolute Gasteiger partial charge is 0.392 e. The first-order valence-corrected chi connectivity index (χ1v) is 4.35. The number of hydrogen-bond acceptors (Lipinski definition) is 1. The summed E-state index contributed by atoms with van der Waals surface area (Å²) in [5.41, 5.74) is 0.146. The molecule has 1 aromatic rings. The molecule has 0 aliphatic carbocycles. The second kappa shape index (κ2) is 4.53. The zero-order valence-corrected chi connectivity index (χ0v) is 7.56. The molecule has 0 radical (unpaired) electrons. The Balaban J connectivity index is 2.83. The lowest BCUT2D eigenvalue weighted by molar-refractivity contribution is 0.197. The summed E-state index contributed by atoms with van der Waals surface area (Å²) in [6, 6.07) is 3.86. The van der Waals surface area contributed by atoms with E-state index in [1.807, 2.05) is 0 Å². The number of rotatable bonds is 3. The Morgan fingerprint density at radius 2 is 2.08 bits per heavy atom. The van der Waals surface area contributed by atoms with E-state index in [1.54, 1.807) is 0 Å². The van der Waals surface area contributed by atoms with Gasteiger partial charge in [-0.25, -0.2) is 8.78 Å². The summed E-state index contributed by atoms with van der Waals surface area (Å²) in [5.74, 6) is -1.80. The third kappa shape index (κ3) is 2.64. The lowest BCUT2D eigenvalue weighted by Gasteiger charge is -2.07. The van der Waals surface area contributed by atoms with Gasteiger partial charge in [-0.05, 0) is 11.6 Å². The monoisotopic (exact) mass is 206 g/mol. The normalized spacial score (nSPS) is 12.9. The summed E-state index contributed by atoms with van der Waals surface area (Å²) in [7, 11) is 0. The molecule has 72 valence electrons. The van der Waals surface area contributed by atoms with Crippen LogP contribution in [0, 0.1) is 11.6 Å². The lowest BCUT2D eigenvalue weighted by Crippen LogP contribution is -2.13. The van der Waals surface area contributed by atoms with Crippen molar-refractivity contribution in [2.45, 2.75) is 12.5 Å². The van der Waals surface area contributed by atoms with E-state index in [9.17, 15) is 8.78 Å². The fourth-order valence-corrected chi connectivity index (χ4v) is 1.12. The molecule has 0 saturated carbocycles. The maximum absolute atomic E-state index is 13.0. The standard InChI is InChI=1S/C9H9ClF2O/c10-5-7(13)4-6-2-1-3-8(11)9(6)12/h1-3,7,13H,4-5H2. The van der Waals surface area contributed by atoms with Gasteiger partial charge in [-0.15, -0.1) is 11.6 Å². The van der Waals surface area contributed by atoms with Crippen LogP contribution >= 0.6 is 11.6 Å². The average molecular weight is 207 g/mol. The smallest absolute Gasteiger partial charge is 0.162 e. The molecule has 4 heteroatoms. The van der Waals surface area contributed by atoms with E-state index >= 15 is 0 Å². The summed E-state index contributed by atoms with van der Waals surface area (Å²) in [4.78, 5) is 0. The minimum Gasteiger partial charge on any atom is -0.392 e. The predicted molar refractivity (Wildman–Crippen MR) is 46.8 cm³/mol. The van der Waals surface area contributed by atoms with Crippen LogP contribution in [0.1, 0.15) is 5.56 Å². The number of aliphatic hydroxyl groups is 1. The van der Waals surface area contributed by atoms with Crippen LogP contribution in [-0.4, -0.2) is 17.1 Å². The van der Waals surface area contributed by atoms with Crippen LogP contribution in [0.5, 0.6) is 0 Å². The number of halogens is 3. The van der Waals surface area contributed by atoms with Gasteiger partial charge < -0.3 is 5.11 Å². The molecule has 0 aromatic heterocycles. The highest BCUT2D eigenvalue weighted by molar-refractivity contribution is 6.18. The van der Waals surface area contributed by atoms with Gasteiger partial charge in [0.25, 0.3) is 0 Å². The highest BCUT2D eigenvalue weighted by Gasteiger charge is 2.11. The maximum atomic E-state index is 13.0.